The summed E-state index contributed by atoms with van der Waals surface area (Å²) in [6.07, 6.45) is 6.09. The molecule has 1 aromatic heterocycles. The van der Waals surface area contributed by atoms with Crippen LogP contribution in [0, 0.1) is 5.41 Å². The first-order chi connectivity index (χ1) is 6.78. The molecule has 2 rings (SSSR count). The average molecular weight is 191 g/mol. The van der Waals surface area contributed by atoms with Crippen molar-refractivity contribution in [2.75, 3.05) is 13.6 Å². The van der Waals surface area contributed by atoms with Crippen molar-refractivity contribution in [1.29, 1.82) is 0 Å². The molecule has 0 saturated heterocycles. The summed E-state index contributed by atoms with van der Waals surface area (Å²) in [5.41, 5.74) is 7.76. The number of rotatable bonds is 4. The van der Waals surface area contributed by atoms with E-state index in [1.165, 1.54) is 18.4 Å². The molecule has 1 fully saturated rings. The highest BCUT2D eigenvalue weighted by molar-refractivity contribution is 5.21. The van der Waals surface area contributed by atoms with Crippen LogP contribution in [0.1, 0.15) is 24.4 Å². The van der Waals surface area contributed by atoms with Gasteiger partial charge in [-0.2, -0.15) is 0 Å². The molecule has 1 heterocycles. The van der Waals surface area contributed by atoms with Crippen molar-refractivity contribution in [2.45, 2.75) is 18.9 Å². The molecule has 0 bridgehead atoms. The van der Waals surface area contributed by atoms with Crippen molar-refractivity contribution in [3.8, 4) is 0 Å². The Bertz CT molecular complexity index is 293. The van der Waals surface area contributed by atoms with Crippen molar-refractivity contribution in [2.24, 2.45) is 11.1 Å². The lowest BCUT2D eigenvalue weighted by Crippen LogP contribution is -2.31. The molecular formula is C11H17N3. The molecule has 0 aliphatic heterocycles. The monoisotopic (exact) mass is 191 g/mol. The average Bonchev–Trinajstić information content (AvgIpc) is 3.00. The van der Waals surface area contributed by atoms with E-state index >= 15 is 0 Å². The van der Waals surface area contributed by atoms with Gasteiger partial charge in [-0.05, 0) is 37.6 Å². The number of nitrogens with one attached hydrogen (secondary N) is 1. The van der Waals surface area contributed by atoms with Crippen LogP contribution in [0.25, 0.3) is 0 Å². The molecule has 1 aromatic rings. The molecule has 1 unspecified atom stereocenters. The maximum absolute atomic E-state index is 6.25. The summed E-state index contributed by atoms with van der Waals surface area (Å²) in [4.78, 5) is 4.01. The van der Waals surface area contributed by atoms with Gasteiger partial charge in [-0.3, -0.25) is 4.98 Å². The summed E-state index contributed by atoms with van der Waals surface area (Å²) in [6.45, 7) is 1.01. The second kappa shape index (κ2) is 3.67. The first-order valence-electron chi connectivity index (χ1n) is 5.09. The zero-order valence-electron chi connectivity index (χ0n) is 8.53. The maximum atomic E-state index is 6.25. The van der Waals surface area contributed by atoms with Crippen molar-refractivity contribution in [3.63, 3.8) is 0 Å². The summed E-state index contributed by atoms with van der Waals surface area (Å²) < 4.78 is 0. The number of aromatic nitrogens is 1. The largest absolute Gasteiger partial charge is 0.323 e. The van der Waals surface area contributed by atoms with Crippen LogP contribution in [0.15, 0.2) is 24.5 Å². The van der Waals surface area contributed by atoms with Crippen molar-refractivity contribution in [3.05, 3.63) is 30.1 Å². The first kappa shape index (κ1) is 9.62. The Balaban J connectivity index is 2.12. The van der Waals surface area contributed by atoms with Crippen LogP contribution in [-0.2, 0) is 0 Å². The lowest BCUT2D eigenvalue weighted by atomic mass is 9.91. The number of nitrogens with zero attached hydrogens (tertiary/aromatic N) is 1. The van der Waals surface area contributed by atoms with Gasteiger partial charge in [-0.1, -0.05) is 0 Å². The highest BCUT2D eigenvalue weighted by Gasteiger charge is 2.47. The molecule has 14 heavy (non-hydrogen) atoms. The van der Waals surface area contributed by atoms with Gasteiger partial charge in [0.25, 0.3) is 0 Å². The fourth-order valence-electron chi connectivity index (χ4n) is 2.03. The summed E-state index contributed by atoms with van der Waals surface area (Å²) >= 11 is 0. The molecule has 1 saturated carbocycles. The zero-order chi connectivity index (χ0) is 10.0. The number of hydrogen-bond acceptors (Lipinski definition) is 3. The van der Waals surface area contributed by atoms with Crippen molar-refractivity contribution in [1.82, 2.24) is 10.3 Å². The Morgan fingerprint density at radius 2 is 2.14 bits per heavy atom. The third-order valence-electron chi connectivity index (χ3n) is 3.15. The molecule has 0 aromatic carbocycles. The van der Waals surface area contributed by atoms with Crippen LogP contribution >= 0.6 is 0 Å². The minimum atomic E-state index is 0.151. The molecule has 0 radical (unpaired) electrons. The minimum Gasteiger partial charge on any atom is -0.323 e. The van der Waals surface area contributed by atoms with E-state index in [1.54, 1.807) is 0 Å². The van der Waals surface area contributed by atoms with Gasteiger partial charge in [0.15, 0.2) is 0 Å². The Morgan fingerprint density at radius 1 is 1.50 bits per heavy atom. The quantitative estimate of drug-likeness (QED) is 0.748. The molecule has 3 heteroatoms. The Hall–Kier alpha value is -0.930. The number of pyridine rings is 1. The smallest absolute Gasteiger partial charge is 0.0365 e. The predicted molar refractivity (Wildman–Crippen MR) is 56.8 cm³/mol. The maximum Gasteiger partial charge on any atom is 0.0365 e. The summed E-state index contributed by atoms with van der Waals surface area (Å²) in [5.74, 6) is 0. The lowest BCUT2D eigenvalue weighted by molar-refractivity contribution is 0.392. The topological polar surface area (TPSA) is 50.9 Å². The Kier molecular flexibility index (Phi) is 2.52. The SMILES string of the molecule is CNCC1(C(N)c2ccncc2)CC1. The summed E-state index contributed by atoms with van der Waals surface area (Å²) in [6, 6.07) is 4.18. The molecular weight excluding hydrogens is 174 g/mol. The van der Waals surface area contributed by atoms with Crippen LogP contribution in [0.2, 0.25) is 0 Å². The molecule has 1 aliphatic rings. The van der Waals surface area contributed by atoms with E-state index < -0.39 is 0 Å². The van der Waals surface area contributed by atoms with E-state index in [0.717, 1.165) is 6.54 Å². The Morgan fingerprint density at radius 3 is 2.64 bits per heavy atom. The Labute approximate surface area is 84.7 Å². The fourth-order valence-corrected chi connectivity index (χ4v) is 2.03. The highest BCUT2D eigenvalue weighted by Crippen LogP contribution is 2.53. The molecule has 3 N–H and O–H groups in total. The molecule has 76 valence electrons. The third-order valence-corrected chi connectivity index (χ3v) is 3.15. The van der Waals surface area contributed by atoms with Gasteiger partial charge in [0, 0.05) is 30.4 Å². The molecule has 1 aliphatic carbocycles. The van der Waals surface area contributed by atoms with E-state index in [4.69, 9.17) is 5.73 Å². The number of hydrogen-bond donors (Lipinski definition) is 2. The number of nitrogens with two attached hydrogens (primary N) is 1. The molecule has 3 nitrogen and oxygen atoms in total. The standard InChI is InChI=1S/C11H17N3/c1-13-8-11(4-5-11)10(12)9-2-6-14-7-3-9/h2-3,6-7,10,13H,4-5,8,12H2,1H3. The van der Waals surface area contributed by atoms with E-state index in [2.05, 4.69) is 10.3 Å². The van der Waals surface area contributed by atoms with Gasteiger partial charge in [-0.25, -0.2) is 0 Å². The van der Waals surface area contributed by atoms with Crippen molar-refractivity contribution < 1.29 is 0 Å². The second-order valence-electron chi connectivity index (χ2n) is 4.15. The molecule has 0 spiro atoms. The van der Waals surface area contributed by atoms with E-state index in [1.807, 2.05) is 31.6 Å². The summed E-state index contributed by atoms with van der Waals surface area (Å²) in [7, 11) is 1.99. The van der Waals surface area contributed by atoms with E-state index in [-0.39, 0.29) is 6.04 Å². The third kappa shape index (κ3) is 1.65. The normalized spacial score (nSPS) is 20.4. The van der Waals surface area contributed by atoms with Crippen LogP contribution in [-0.4, -0.2) is 18.6 Å². The van der Waals surface area contributed by atoms with Gasteiger partial charge >= 0.3 is 0 Å². The van der Waals surface area contributed by atoms with Gasteiger partial charge in [-0.15, -0.1) is 0 Å². The van der Waals surface area contributed by atoms with Gasteiger partial charge in [0.1, 0.15) is 0 Å². The van der Waals surface area contributed by atoms with E-state index in [9.17, 15) is 0 Å². The lowest BCUT2D eigenvalue weighted by Gasteiger charge is -2.23. The predicted octanol–water partition coefficient (Wildman–Crippen LogP) is 1.08. The van der Waals surface area contributed by atoms with Crippen LogP contribution < -0.4 is 11.1 Å². The first-order valence-corrected chi connectivity index (χ1v) is 5.09. The van der Waals surface area contributed by atoms with Crippen LogP contribution in [0.4, 0.5) is 0 Å². The minimum absolute atomic E-state index is 0.151. The van der Waals surface area contributed by atoms with Gasteiger partial charge < -0.3 is 11.1 Å². The van der Waals surface area contributed by atoms with Crippen LogP contribution in [0.3, 0.4) is 0 Å². The summed E-state index contributed by atoms with van der Waals surface area (Å²) in [5, 5.41) is 3.23. The van der Waals surface area contributed by atoms with E-state index in [0.29, 0.717) is 5.41 Å². The van der Waals surface area contributed by atoms with Crippen molar-refractivity contribution >= 4 is 0 Å². The highest BCUT2D eigenvalue weighted by atomic mass is 14.9. The molecule has 0 amide bonds. The van der Waals surface area contributed by atoms with Gasteiger partial charge in [0.05, 0.1) is 0 Å². The fraction of sp³-hybridized carbons (Fsp3) is 0.545. The zero-order valence-corrected chi connectivity index (χ0v) is 8.53. The second-order valence-corrected chi connectivity index (χ2v) is 4.15. The molecule has 1 atom stereocenters. The van der Waals surface area contributed by atoms with Crippen LogP contribution in [0.5, 0.6) is 0 Å². The van der Waals surface area contributed by atoms with Gasteiger partial charge in [0.2, 0.25) is 0 Å².